The molecule has 20 heavy (non-hydrogen) atoms. The second-order valence-electron chi connectivity index (χ2n) is 4.83. The second kappa shape index (κ2) is 5.92. The minimum Gasteiger partial charge on any atom is -0.479 e. The third-order valence-electron chi connectivity index (χ3n) is 3.05. The van der Waals surface area contributed by atoms with Gasteiger partial charge in [-0.2, -0.15) is 0 Å². The molecule has 1 aliphatic rings. The van der Waals surface area contributed by atoms with Crippen molar-refractivity contribution in [3.05, 3.63) is 23.8 Å². The lowest BCUT2D eigenvalue weighted by atomic mass is 10.1. The predicted molar refractivity (Wildman–Crippen MR) is 73.5 cm³/mol. The van der Waals surface area contributed by atoms with Crippen molar-refractivity contribution in [2.45, 2.75) is 19.6 Å². The van der Waals surface area contributed by atoms with E-state index in [0.717, 1.165) is 5.56 Å². The van der Waals surface area contributed by atoms with Crippen molar-refractivity contribution in [3.8, 4) is 5.75 Å². The van der Waals surface area contributed by atoms with Crippen molar-refractivity contribution >= 4 is 17.6 Å². The predicted octanol–water partition coefficient (Wildman–Crippen LogP) is 1.01. The Bertz CT molecular complexity index is 530. The van der Waals surface area contributed by atoms with Crippen LogP contribution in [0.5, 0.6) is 5.75 Å². The van der Waals surface area contributed by atoms with E-state index in [2.05, 4.69) is 10.1 Å². The number of hydrogen-bond acceptors (Lipinski definition) is 5. The minimum atomic E-state index is -0.477. The lowest BCUT2D eigenvalue weighted by molar-refractivity contribution is -0.141. The Kier molecular flexibility index (Phi) is 4.24. The number of nitrogens with zero attached hydrogens (tertiary/aromatic N) is 1. The number of likely N-dealkylation sites (N-methyl/N-ethyl adjacent to an activating group) is 1. The van der Waals surface area contributed by atoms with Gasteiger partial charge in [0.05, 0.1) is 19.3 Å². The number of rotatable bonds is 4. The van der Waals surface area contributed by atoms with Crippen LogP contribution in [0.15, 0.2) is 18.2 Å². The number of fused-ring (bicyclic) bond motifs is 1. The van der Waals surface area contributed by atoms with Crippen LogP contribution < -0.4 is 10.1 Å². The highest BCUT2D eigenvalue weighted by atomic mass is 16.5. The molecule has 1 atom stereocenters. The van der Waals surface area contributed by atoms with Crippen LogP contribution in [-0.2, 0) is 20.9 Å². The van der Waals surface area contributed by atoms with Gasteiger partial charge in [0.25, 0.3) is 5.91 Å². The van der Waals surface area contributed by atoms with Crippen LogP contribution >= 0.6 is 0 Å². The average molecular weight is 278 g/mol. The maximum absolute atomic E-state index is 11.6. The third-order valence-corrected chi connectivity index (χ3v) is 3.05. The Balaban J connectivity index is 2.06. The molecule has 1 aliphatic heterocycles. The van der Waals surface area contributed by atoms with Crippen molar-refractivity contribution in [3.63, 3.8) is 0 Å². The van der Waals surface area contributed by atoms with Gasteiger partial charge in [-0.05, 0) is 31.7 Å². The number of amides is 1. The first-order chi connectivity index (χ1) is 9.49. The first kappa shape index (κ1) is 14.3. The van der Waals surface area contributed by atoms with Crippen molar-refractivity contribution in [1.29, 1.82) is 0 Å². The molecule has 1 heterocycles. The number of nitrogens with one attached hydrogen (secondary N) is 1. The Hall–Kier alpha value is -2.08. The number of carbonyl (C=O) groups is 2. The van der Waals surface area contributed by atoms with E-state index in [9.17, 15) is 9.59 Å². The zero-order valence-electron chi connectivity index (χ0n) is 11.8. The number of methoxy groups -OCH3 is 1. The second-order valence-corrected chi connectivity index (χ2v) is 4.83. The standard InChI is InChI=1S/C14H18N2O4/c1-9-14(18)15-11-6-10(4-5-12(11)20-9)7-16(2)8-13(17)19-3/h4-6,9H,7-8H2,1-3H3,(H,15,18). The molecule has 0 radical (unpaired) electrons. The number of anilines is 1. The van der Waals surface area contributed by atoms with Gasteiger partial charge in [0, 0.05) is 6.54 Å². The summed E-state index contributed by atoms with van der Waals surface area (Å²) in [6.07, 6.45) is -0.477. The number of carbonyl (C=O) groups excluding carboxylic acids is 2. The van der Waals surface area contributed by atoms with E-state index in [1.807, 2.05) is 30.1 Å². The number of esters is 1. The summed E-state index contributed by atoms with van der Waals surface area (Å²) in [7, 11) is 3.19. The molecule has 2 rings (SSSR count). The van der Waals surface area contributed by atoms with E-state index in [-0.39, 0.29) is 18.4 Å². The molecule has 0 saturated heterocycles. The molecule has 1 aromatic rings. The van der Waals surface area contributed by atoms with Crippen molar-refractivity contribution in [2.24, 2.45) is 0 Å². The maximum atomic E-state index is 11.6. The molecular formula is C14H18N2O4. The molecule has 0 aromatic heterocycles. The van der Waals surface area contributed by atoms with E-state index in [4.69, 9.17) is 4.74 Å². The molecule has 1 aromatic carbocycles. The summed E-state index contributed by atoms with van der Waals surface area (Å²) in [5.41, 5.74) is 1.64. The minimum absolute atomic E-state index is 0.155. The fourth-order valence-corrected chi connectivity index (χ4v) is 2.01. The molecule has 0 bridgehead atoms. The fourth-order valence-electron chi connectivity index (χ4n) is 2.01. The topological polar surface area (TPSA) is 67.9 Å². The van der Waals surface area contributed by atoms with Crippen LogP contribution in [0.3, 0.4) is 0 Å². The summed E-state index contributed by atoms with van der Waals surface area (Å²) in [4.78, 5) is 24.6. The fraction of sp³-hybridized carbons (Fsp3) is 0.429. The summed E-state index contributed by atoms with van der Waals surface area (Å²) in [5.74, 6) is 0.227. The summed E-state index contributed by atoms with van der Waals surface area (Å²) in [6.45, 7) is 2.50. The Morgan fingerprint density at radius 3 is 2.95 bits per heavy atom. The first-order valence-corrected chi connectivity index (χ1v) is 6.35. The smallest absolute Gasteiger partial charge is 0.319 e. The summed E-state index contributed by atoms with van der Waals surface area (Å²) in [5, 5.41) is 2.80. The van der Waals surface area contributed by atoms with Gasteiger partial charge in [-0.15, -0.1) is 0 Å². The number of ether oxygens (including phenoxy) is 2. The zero-order chi connectivity index (χ0) is 14.7. The van der Waals surface area contributed by atoms with E-state index in [0.29, 0.717) is 18.0 Å². The van der Waals surface area contributed by atoms with Crippen LogP contribution in [0.4, 0.5) is 5.69 Å². The highest BCUT2D eigenvalue weighted by Crippen LogP contribution is 2.30. The highest BCUT2D eigenvalue weighted by molar-refractivity contribution is 5.97. The van der Waals surface area contributed by atoms with Gasteiger partial charge in [-0.3, -0.25) is 14.5 Å². The molecular weight excluding hydrogens is 260 g/mol. The van der Waals surface area contributed by atoms with E-state index in [1.165, 1.54) is 7.11 Å². The first-order valence-electron chi connectivity index (χ1n) is 6.35. The van der Waals surface area contributed by atoms with E-state index >= 15 is 0 Å². The molecule has 1 unspecified atom stereocenters. The normalized spacial score (nSPS) is 17.2. The van der Waals surface area contributed by atoms with Crippen molar-refractivity contribution < 1.29 is 19.1 Å². The molecule has 6 heteroatoms. The molecule has 1 amide bonds. The molecule has 0 spiro atoms. The third kappa shape index (κ3) is 3.27. The zero-order valence-corrected chi connectivity index (χ0v) is 11.8. The van der Waals surface area contributed by atoms with E-state index in [1.54, 1.807) is 6.92 Å². The lowest BCUT2D eigenvalue weighted by Gasteiger charge is -2.24. The largest absolute Gasteiger partial charge is 0.479 e. The highest BCUT2D eigenvalue weighted by Gasteiger charge is 2.23. The van der Waals surface area contributed by atoms with Gasteiger partial charge >= 0.3 is 5.97 Å². The van der Waals surface area contributed by atoms with Gasteiger partial charge < -0.3 is 14.8 Å². The Labute approximate surface area is 117 Å². The molecule has 0 saturated carbocycles. The van der Waals surface area contributed by atoms with Gasteiger partial charge in [-0.25, -0.2) is 0 Å². The van der Waals surface area contributed by atoms with Crippen molar-refractivity contribution in [2.75, 3.05) is 26.0 Å². The maximum Gasteiger partial charge on any atom is 0.319 e. The molecule has 108 valence electrons. The summed E-state index contributed by atoms with van der Waals surface area (Å²) >= 11 is 0. The van der Waals surface area contributed by atoms with E-state index < -0.39 is 6.10 Å². The quantitative estimate of drug-likeness (QED) is 0.833. The van der Waals surface area contributed by atoms with Crippen molar-refractivity contribution in [1.82, 2.24) is 4.90 Å². The van der Waals surface area contributed by atoms with Crippen LogP contribution in [0, 0.1) is 0 Å². The monoisotopic (exact) mass is 278 g/mol. The molecule has 0 fully saturated rings. The molecule has 1 N–H and O–H groups in total. The Morgan fingerprint density at radius 1 is 1.50 bits per heavy atom. The molecule has 6 nitrogen and oxygen atoms in total. The lowest BCUT2D eigenvalue weighted by Crippen LogP contribution is -2.34. The van der Waals surface area contributed by atoms with Crippen LogP contribution in [0.25, 0.3) is 0 Å². The number of hydrogen-bond donors (Lipinski definition) is 1. The van der Waals surface area contributed by atoms with Gasteiger partial charge in [0.2, 0.25) is 0 Å². The number of benzene rings is 1. The van der Waals surface area contributed by atoms with Gasteiger partial charge in [0.1, 0.15) is 5.75 Å². The van der Waals surface area contributed by atoms with Crippen LogP contribution in [0.2, 0.25) is 0 Å². The van der Waals surface area contributed by atoms with Crippen LogP contribution in [-0.4, -0.2) is 43.6 Å². The summed E-state index contributed by atoms with van der Waals surface area (Å²) in [6, 6.07) is 5.59. The SMILES string of the molecule is COC(=O)CN(C)Cc1ccc2c(c1)NC(=O)C(C)O2. The van der Waals surface area contributed by atoms with Crippen LogP contribution in [0.1, 0.15) is 12.5 Å². The summed E-state index contributed by atoms with van der Waals surface area (Å²) < 4.78 is 10.1. The molecule has 0 aliphatic carbocycles. The van der Waals surface area contributed by atoms with Gasteiger partial charge in [0.15, 0.2) is 6.10 Å². The van der Waals surface area contributed by atoms with Gasteiger partial charge in [-0.1, -0.05) is 6.07 Å². The average Bonchev–Trinajstić information content (AvgIpc) is 2.40. The Morgan fingerprint density at radius 2 is 2.25 bits per heavy atom.